The smallest absolute Gasteiger partial charge is 0.0106 e. The number of hydrogen-bond donors (Lipinski definition) is 1. The maximum absolute atomic E-state index is 3.62. The van der Waals surface area contributed by atoms with Crippen molar-refractivity contribution in [3.63, 3.8) is 0 Å². The van der Waals surface area contributed by atoms with Crippen LogP contribution >= 0.6 is 19.7 Å². The summed E-state index contributed by atoms with van der Waals surface area (Å²) < 4.78 is 0. The minimum absolute atomic E-state index is 0. The molecule has 0 bridgehead atoms. The molecule has 0 saturated carbocycles. The van der Waals surface area contributed by atoms with Crippen molar-refractivity contribution in [1.29, 1.82) is 0 Å². The average Bonchev–Trinajstić information content (AvgIpc) is 2.69. The van der Waals surface area contributed by atoms with Crippen LogP contribution in [-0.4, -0.2) is 25.0 Å². The topological polar surface area (TPSA) is 12.0 Å². The van der Waals surface area contributed by atoms with Crippen LogP contribution in [0.3, 0.4) is 0 Å². The van der Waals surface area contributed by atoms with Crippen LogP contribution in [0.25, 0.3) is 0 Å². The van der Waals surface area contributed by atoms with Crippen LogP contribution in [0.15, 0.2) is 95.9 Å². The van der Waals surface area contributed by atoms with Gasteiger partial charge < -0.3 is 5.32 Å². The van der Waals surface area contributed by atoms with Gasteiger partial charge in [-0.1, -0.05) is 78.9 Å². The first-order valence-electron chi connectivity index (χ1n) is 8.70. The van der Waals surface area contributed by atoms with Gasteiger partial charge in [-0.3, -0.25) is 0 Å². The normalized spacial score (nSPS) is 10.5. The molecule has 0 spiro atoms. The molecule has 3 aromatic rings. The minimum atomic E-state index is -0.285. The van der Waals surface area contributed by atoms with Crippen LogP contribution in [0.5, 0.6) is 0 Å². The molecule has 26 heavy (non-hydrogen) atoms. The van der Waals surface area contributed by atoms with Gasteiger partial charge in [0.2, 0.25) is 0 Å². The molecule has 0 unspecified atom stereocenters. The molecule has 3 rings (SSSR count). The summed E-state index contributed by atoms with van der Waals surface area (Å²) in [5, 5.41) is 6.55. The molecule has 0 heterocycles. The van der Waals surface area contributed by atoms with E-state index in [1.54, 1.807) is 0 Å². The van der Waals surface area contributed by atoms with E-state index in [9.17, 15) is 0 Å². The van der Waals surface area contributed by atoms with Crippen molar-refractivity contribution >= 4 is 30.3 Å². The molecular formula is C22H24NPRuS. The molecular weight excluding hydrogens is 442 g/mol. The second-order valence-corrected chi connectivity index (χ2v) is 9.24. The second-order valence-electron chi connectivity index (χ2n) is 5.73. The number of thioether (sulfide) groups is 1. The Morgan fingerprint density at radius 2 is 1.15 bits per heavy atom. The van der Waals surface area contributed by atoms with Gasteiger partial charge in [0.1, 0.15) is 0 Å². The summed E-state index contributed by atoms with van der Waals surface area (Å²) >= 11 is 1.91. The molecule has 0 aliphatic rings. The number of nitrogens with one attached hydrogen (secondary N) is 1. The molecule has 3 aromatic carbocycles. The molecule has 1 nitrogen and oxygen atoms in total. The Hall–Kier alpha value is -0.977. The van der Waals surface area contributed by atoms with Crippen molar-refractivity contribution in [2.75, 3.05) is 25.0 Å². The van der Waals surface area contributed by atoms with Crippen molar-refractivity contribution < 1.29 is 19.5 Å². The SMILES string of the molecule is [Ru].c1ccc(SCCNCCP(c2ccccc2)c2ccccc2)cc1. The number of benzene rings is 3. The summed E-state index contributed by atoms with van der Waals surface area (Å²) in [4.78, 5) is 1.35. The largest absolute Gasteiger partial charge is 0.316 e. The van der Waals surface area contributed by atoms with Gasteiger partial charge in [0, 0.05) is 36.7 Å². The zero-order chi connectivity index (χ0) is 17.2. The van der Waals surface area contributed by atoms with Crippen LogP contribution in [0.1, 0.15) is 0 Å². The number of rotatable bonds is 9. The van der Waals surface area contributed by atoms with Crippen LogP contribution in [0.2, 0.25) is 0 Å². The fourth-order valence-corrected chi connectivity index (χ4v) is 5.79. The fraction of sp³-hybridized carbons (Fsp3) is 0.182. The van der Waals surface area contributed by atoms with E-state index >= 15 is 0 Å². The molecule has 0 aliphatic heterocycles. The Morgan fingerprint density at radius 3 is 1.69 bits per heavy atom. The van der Waals surface area contributed by atoms with E-state index in [1.807, 2.05) is 11.8 Å². The van der Waals surface area contributed by atoms with E-state index in [2.05, 4.69) is 96.3 Å². The van der Waals surface area contributed by atoms with Gasteiger partial charge in [-0.15, -0.1) is 11.8 Å². The van der Waals surface area contributed by atoms with Gasteiger partial charge in [-0.25, -0.2) is 0 Å². The Morgan fingerprint density at radius 1 is 0.654 bits per heavy atom. The average molecular weight is 467 g/mol. The fourth-order valence-electron chi connectivity index (χ4n) is 2.70. The van der Waals surface area contributed by atoms with Crippen LogP contribution in [0.4, 0.5) is 0 Å². The Balaban J connectivity index is 0.00000243. The molecule has 0 saturated heterocycles. The number of hydrogen-bond acceptors (Lipinski definition) is 2. The van der Waals surface area contributed by atoms with Crippen molar-refractivity contribution in [3.05, 3.63) is 91.0 Å². The van der Waals surface area contributed by atoms with Gasteiger partial charge in [0.15, 0.2) is 0 Å². The molecule has 1 N–H and O–H groups in total. The zero-order valence-electron chi connectivity index (χ0n) is 14.7. The molecule has 4 heteroatoms. The summed E-state index contributed by atoms with van der Waals surface area (Å²) in [6, 6.07) is 32.5. The molecule has 0 radical (unpaired) electrons. The predicted molar refractivity (Wildman–Crippen MR) is 114 cm³/mol. The van der Waals surface area contributed by atoms with E-state index in [0.717, 1.165) is 18.8 Å². The van der Waals surface area contributed by atoms with Crippen LogP contribution in [0, 0.1) is 0 Å². The Bertz CT molecular complexity index is 685. The molecule has 136 valence electrons. The Kier molecular flexibility index (Phi) is 10.2. The second kappa shape index (κ2) is 12.4. The third kappa shape index (κ3) is 6.97. The van der Waals surface area contributed by atoms with E-state index in [4.69, 9.17) is 0 Å². The van der Waals surface area contributed by atoms with Crippen LogP contribution < -0.4 is 15.9 Å². The van der Waals surface area contributed by atoms with Gasteiger partial charge in [-0.05, 0) is 43.4 Å². The molecule has 0 atom stereocenters. The van der Waals surface area contributed by atoms with Crippen LogP contribution in [-0.2, 0) is 19.5 Å². The Labute approximate surface area is 175 Å². The van der Waals surface area contributed by atoms with Crippen molar-refractivity contribution in [2.24, 2.45) is 0 Å². The van der Waals surface area contributed by atoms with Gasteiger partial charge in [0.05, 0.1) is 0 Å². The van der Waals surface area contributed by atoms with Crippen molar-refractivity contribution in [2.45, 2.75) is 4.90 Å². The first kappa shape index (κ1) is 21.3. The summed E-state index contributed by atoms with van der Waals surface area (Å²) in [7, 11) is -0.285. The van der Waals surface area contributed by atoms with Gasteiger partial charge >= 0.3 is 0 Å². The third-order valence-corrected chi connectivity index (χ3v) is 7.47. The molecule has 0 fully saturated rings. The summed E-state index contributed by atoms with van der Waals surface area (Å²) in [6.45, 7) is 2.11. The quantitative estimate of drug-likeness (QED) is 0.216. The first-order chi connectivity index (χ1) is 12.4. The summed E-state index contributed by atoms with van der Waals surface area (Å²) in [5.41, 5.74) is 0. The summed E-state index contributed by atoms with van der Waals surface area (Å²) in [5.74, 6) is 1.11. The monoisotopic (exact) mass is 467 g/mol. The molecule has 0 aliphatic carbocycles. The molecule has 0 aromatic heterocycles. The maximum atomic E-state index is 3.62. The predicted octanol–water partition coefficient (Wildman–Crippen LogP) is 4.50. The van der Waals surface area contributed by atoms with Gasteiger partial charge in [-0.2, -0.15) is 0 Å². The van der Waals surface area contributed by atoms with E-state index < -0.39 is 0 Å². The zero-order valence-corrected chi connectivity index (χ0v) is 18.1. The summed E-state index contributed by atoms with van der Waals surface area (Å²) in [6.07, 6.45) is 1.18. The van der Waals surface area contributed by atoms with E-state index in [1.165, 1.54) is 21.7 Å². The third-order valence-electron chi connectivity index (χ3n) is 3.94. The van der Waals surface area contributed by atoms with E-state index in [-0.39, 0.29) is 27.4 Å². The van der Waals surface area contributed by atoms with Gasteiger partial charge in [0.25, 0.3) is 0 Å². The van der Waals surface area contributed by atoms with E-state index in [0.29, 0.717) is 0 Å². The van der Waals surface area contributed by atoms with Crippen molar-refractivity contribution in [3.8, 4) is 0 Å². The molecule has 0 amide bonds. The first-order valence-corrected chi connectivity index (χ1v) is 11.2. The standard InChI is InChI=1S/C22H24NPS.Ru/c1-4-10-20(11-5-1)24(21-12-6-2-7-13-21)18-16-23-17-19-25-22-14-8-3-9-15-22;/h1-15,23H,16-19H2;. The maximum Gasteiger partial charge on any atom is 0.0106 e. The van der Waals surface area contributed by atoms with Crippen molar-refractivity contribution in [1.82, 2.24) is 5.32 Å². The minimum Gasteiger partial charge on any atom is -0.316 e.